The SMILES string of the molecule is CC(C)(C)c1cc(C(=O)NC2(C(=O)Nc3ccccc3)CCCCC2)cc(C(C)(C)C)c1O. The summed E-state index contributed by atoms with van der Waals surface area (Å²) in [5, 5.41) is 17.1. The third kappa shape index (κ3) is 5.58. The van der Waals surface area contributed by atoms with Crippen LogP contribution in [0.5, 0.6) is 5.75 Å². The van der Waals surface area contributed by atoms with E-state index >= 15 is 0 Å². The van der Waals surface area contributed by atoms with Gasteiger partial charge < -0.3 is 15.7 Å². The van der Waals surface area contributed by atoms with Gasteiger partial charge in [0.25, 0.3) is 5.91 Å². The Morgan fingerprint density at radius 2 is 1.36 bits per heavy atom. The third-order valence-electron chi connectivity index (χ3n) is 6.51. The predicted octanol–water partition coefficient (Wildman–Crippen LogP) is 6.06. The summed E-state index contributed by atoms with van der Waals surface area (Å²) in [6, 6.07) is 12.9. The molecule has 2 amide bonds. The van der Waals surface area contributed by atoms with E-state index in [9.17, 15) is 14.7 Å². The van der Waals surface area contributed by atoms with Crippen LogP contribution in [0.15, 0.2) is 42.5 Å². The lowest BCUT2D eigenvalue weighted by molar-refractivity contribution is -0.123. The molecule has 0 atom stereocenters. The van der Waals surface area contributed by atoms with Crippen molar-refractivity contribution in [3.8, 4) is 5.75 Å². The van der Waals surface area contributed by atoms with Crippen LogP contribution < -0.4 is 10.6 Å². The molecule has 0 spiro atoms. The molecule has 2 aromatic carbocycles. The van der Waals surface area contributed by atoms with E-state index in [0.717, 1.165) is 36.1 Å². The Hall–Kier alpha value is -2.82. The minimum Gasteiger partial charge on any atom is -0.507 e. The Morgan fingerprint density at radius 1 is 0.848 bits per heavy atom. The van der Waals surface area contributed by atoms with Gasteiger partial charge in [-0.05, 0) is 47.9 Å². The molecule has 5 nitrogen and oxygen atoms in total. The zero-order valence-electron chi connectivity index (χ0n) is 20.8. The van der Waals surface area contributed by atoms with Crippen molar-refractivity contribution in [2.75, 3.05) is 5.32 Å². The second-order valence-corrected chi connectivity index (χ2v) is 11.3. The zero-order chi connectivity index (χ0) is 24.4. The van der Waals surface area contributed by atoms with Gasteiger partial charge in [-0.3, -0.25) is 9.59 Å². The van der Waals surface area contributed by atoms with Crippen LogP contribution >= 0.6 is 0 Å². The van der Waals surface area contributed by atoms with Gasteiger partial charge in [-0.1, -0.05) is 79.0 Å². The molecule has 178 valence electrons. The van der Waals surface area contributed by atoms with Gasteiger partial charge in [-0.25, -0.2) is 0 Å². The lowest BCUT2D eigenvalue weighted by Crippen LogP contribution is -2.57. The summed E-state index contributed by atoms with van der Waals surface area (Å²) < 4.78 is 0. The maximum Gasteiger partial charge on any atom is 0.252 e. The van der Waals surface area contributed by atoms with E-state index in [4.69, 9.17) is 0 Å². The number of phenols is 1. The first-order valence-corrected chi connectivity index (χ1v) is 11.9. The standard InChI is InChI=1S/C28H38N2O3/c1-26(2,3)21-17-19(18-22(23(21)31)27(4,5)6)24(32)30-28(15-11-8-12-16-28)25(33)29-20-13-9-7-10-14-20/h7,9-10,13-14,17-18,31H,8,11-12,15-16H2,1-6H3,(H,29,33)(H,30,32). The first-order valence-electron chi connectivity index (χ1n) is 11.9. The molecule has 1 saturated carbocycles. The van der Waals surface area contributed by atoms with Crippen molar-refractivity contribution in [3.63, 3.8) is 0 Å². The molecule has 33 heavy (non-hydrogen) atoms. The van der Waals surface area contributed by atoms with Crippen LogP contribution in [0.3, 0.4) is 0 Å². The number of carbonyl (C=O) groups excluding carboxylic acids is 2. The number of phenolic OH excluding ortho intramolecular Hbond substituents is 1. The number of nitrogens with one attached hydrogen (secondary N) is 2. The summed E-state index contributed by atoms with van der Waals surface area (Å²) >= 11 is 0. The largest absolute Gasteiger partial charge is 0.507 e. The molecule has 5 heteroatoms. The lowest BCUT2D eigenvalue weighted by Gasteiger charge is -2.37. The number of para-hydroxylation sites is 1. The fraction of sp³-hybridized carbons (Fsp3) is 0.500. The fourth-order valence-electron chi connectivity index (χ4n) is 4.53. The normalized spacial score (nSPS) is 16.2. The summed E-state index contributed by atoms with van der Waals surface area (Å²) in [4.78, 5) is 27.0. The molecule has 0 saturated heterocycles. The number of anilines is 1. The van der Waals surface area contributed by atoms with Crippen LogP contribution in [-0.2, 0) is 15.6 Å². The number of hydrogen-bond acceptors (Lipinski definition) is 3. The molecule has 0 aliphatic heterocycles. The summed E-state index contributed by atoms with van der Waals surface area (Å²) in [7, 11) is 0. The molecule has 3 rings (SSSR count). The Labute approximate surface area is 198 Å². The molecule has 0 bridgehead atoms. The van der Waals surface area contributed by atoms with Gasteiger partial charge in [0.2, 0.25) is 5.91 Å². The Balaban J connectivity index is 1.98. The number of benzene rings is 2. The van der Waals surface area contributed by atoms with Gasteiger partial charge in [0, 0.05) is 22.4 Å². The molecule has 0 heterocycles. The van der Waals surface area contributed by atoms with Gasteiger partial charge in [0.1, 0.15) is 11.3 Å². The van der Waals surface area contributed by atoms with E-state index in [1.54, 1.807) is 12.1 Å². The number of rotatable bonds is 4. The predicted molar refractivity (Wildman–Crippen MR) is 134 cm³/mol. The molecule has 1 aliphatic rings. The third-order valence-corrected chi connectivity index (χ3v) is 6.51. The van der Waals surface area contributed by atoms with E-state index in [-0.39, 0.29) is 28.4 Å². The highest BCUT2D eigenvalue weighted by Crippen LogP contribution is 2.40. The van der Waals surface area contributed by atoms with Gasteiger partial charge in [-0.2, -0.15) is 0 Å². The average Bonchev–Trinajstić information content (AvgIpc) is 2.73. The Morgan fingerprint density at radius 3 is 1.85 bits per heavy atom. The molecular weight excluding hydrogens is 412 g/mol. The van der Waals surface area contributed by atoms with Crippen molar-refractivity contribution in [2.24, 2.45) is 0 Å². The van der Waals surface area contributed by atoms with E-state index in [0.29, 0.717) is 18.4 Å². The number of amides is 2. The van der Waals surface area contributed by atoms with Crippen LogP contribution in [0.1, 0.15) is 95.1 Å². The highest BCUT2D eigenvalue weighted by atomic mass is 16.3. The summed E-state index contributed by atoms with van der Waals surface area (Å²) in [6.45, 7) is 12.1. The number of carbonyl (C=O) groups is 2. The minimum absolute atomic E-state index is 0.174. The molecule has 0 unspecified atom stereocenters. The molecule has 1 fully saturated rings. The summed E-state index contributed by atoms with van der Waals surface area (Å²) in [5.41, 5.74) is 1.02. The van der Waals surface area contributed by atoms with Gasteiger partial charge in [0.15, 0.2) is 0 Å². The molecule has 3 N–H and O–H groups in total. The second kappa shape index (κ2) is 9.20. The maximum atomic E-state index is 13.6. The van der Waals surface area contributed by atoms with E-state index in [2.05, 4.69) is 10.6 Å². The minimum atomic E-state index is -0.952. The van der Waals surface area contributed by atoms with Crippen LogP contribution in [0.25, 0.3) is 0 Å². The van der Waals surface area contributed by atoms with Crippen LogP contribution in [-0.4, -0.2) is 22.5 Å². The highest BCUT2D eigenvalue weighted by Gasteiger charge is 2.41. The van der Waals surface area contributed by atoms with Crippen molar-refractivity contribution in [1.29, 1.82) is 0 Å². The number of aromatic hydroxyl groups is 1. The molecule has 0 radical (unpaired) electrons. The number of hydrogen-bond donors (Lipinski definition) is 3. The zero-order valence-corrected chi connectivity index (χ0v) is 20.8. The Kier molecular flexibility index (Phi) is 6.92. The van der Waals surface area contributed by atoms with Gasteiger partial charge in [-0.15, -0.1) is 0 Å². The van der Waals surface area contributed by atoms with Crippen molar-refractivity contribution < 1.29 is 14.7 Å². The molecule has 1 aliphatic carbocycles. The van der Waals surface area contributed by atoms with Crippen molar-refractivity contribution in [1.82, 2.24) is 5.32 Å². The van der Waals surface area contributed by atoms with Crippen LogP contribution in [0.4, 0.5) is 5.69 Å². The van der Waals surface area contributed by atoms with Crippen molar-refractivity contribution in [3.05, 3.63) is 59.2 Å². The Bertz CT molecular complexity index is 973. The topological polar surface area (TPSA) is 78.4 Å². The van der Waals surface area contributed by atoms with Crippen LogP contribution in [0, 0.1) is 0 Å². The smallest absolute Gasteiger partial charge is 0.252 e. The lowest BCUT2D eigenvalue weighted by atomic mass is 9.78. The average molecular weight is 451 g/mol. The first-order chi connectivity index (χ1) is 15.3. The van der Waals surface area contributed by atoms with Gasteiger partial charge >= 0.3 is 0 Å². The summed E-state index contributed by atoms with van der Waals surface area (Å²) in [6.07, 6.45) is 4.04. The van der Waals surface area contributed by atoms with E-state index in [1.165, 1.54) is 0 Å². The van der Waals surface area contributed by atoms with Crippen molar-refractivity contribution in [2.45, 2.75) is 90.0 Å². The van der Waals surface area contributed by atoms with Crippen LogP contribution in [0.2, 0.25) is 0 Å². The van der Waals surface area contributed by atoms with E-state index in [1.807, 2.05) is 71.9 Å². The monoisotopic (exact) mass is 450 g/mol. The molecular formula is C28H38N2O3. The fourth-order valence-corrected chi connectivity index (χ4v) is 4.53. The second-order valence-electron chi connectivity index (χ2n) is 11.3. The first kappa shape index (κ1) is 24.8. The van der Waals surface area contributed by atoms with E-state index < -0.39 is 5.54 Å². The molecule has 0 aromatic heterocycles. The summed E-state index contributed by atoms with van der Waals surface area (Å²) in [5.74, 6) is -0.218. The highest BCUT2D eigenvalue weighted by molar-refractivity contribution is 6.04. The molecule has 2 aromatic rings. The maximum absolute atomic E-state index is 13.6. The quantitative estimate of drug-likeness (QED) is 0.530. The van der Waals surface area contributed by atoms with Gasteiger partial charge in [0.05, 0.1) is 0 Å². The van der Waals surface area contributed by atoms with Crippen molar-refractivity contribution >= 4 is 17.5 Å².